The number of nitrogens with zero attached hydrogens (tertiary/aromatic N) is 2. The largest absolute Gasteiger partial charge is 0.345 e. The molecular weight excluding hydrogens is 334 g/mol. The van der Waals surface area contributed by atoms with Crippen molar-refractivity contribution in [3.63, 3.8) is 0 Å². The van der Waals surface area contributed by atoms with Crippen LogP contribution in [0.4, 0.5) is 5.69 Å². The van der Waals surface area contributed by atoms with Crippen molar-refractivity contribution in [2.75, 3.05) is 32.5 Å². The molecule has 6 heteroatoms. The van der Waals surface area contributed by atoms with E-state index in [9.17, 15) is 9.59 Å². The van der Waals surface area contributed by atoms with Gasteiger partial charge in [-0.05, 0) is 55.1 Å². The Bertz CT molecular complexity index is 726. The maximum atomic E-state index is 12.4. The highest BCUT2D eigenvalue weighted by Gasteiger charge is 2.28. The third kappa shape index (κ3) is 4.27. The molecule has 25 heavy (non-hydrogen) atoms. The Kier molecular flexibility index (Phi) is 5.50. The van der Waals surface area contributed by atoms with Crippen molar-refractivity contribution in [1.29, 1.82) is 0 Å². The molecule has 0 radical (unpaired) electrons. The standard InChI is InChI=1S/C19H23N3O2S/c1-21(2)19(24)14-7-9-15(10-8-14)20-18(23)13-22-11-3-5-16(22)17-6-4-12-25-17/h4,6-10,12,16H,3,5,11,13H2,1-2H3,(H,20,23). The van der Waals surface area contributed by atoms with Crippen molar-refractivity contribution in [1.82, 2.24) is 9.80 Å². The fourth-order valence-electron chi connectivity index (χ4n) is 3.16. The van der Waals surface area contributed by atoms with Crippen LogP contribution in [0, 0.1) is 0 Å². The van der Waals surface area contributed by atoms with Crippen molar-refractivity contribution >= 4 is 28.8 Å². The van der Waals surface area contributed by atoms with Crippen molar-refractivity contribution in [3.8, 4) is 0 Å². The van der Waals surface area contributed by atoms with Gasteiger partial charge in [-0.3, -0.25) is 14.5 Å². The van der Waals surface area contributed by atoms with Gasteiger partial charge in [0.05, 0.1) is 6.54 Å². The van der Waals surface area contributed by atoms with Gasteiger partial charge < -0.3 is 10.2 Å². The van der Waals surface area contributed by atoms with Gasteiger partial charge in [-0.15, -0.1) is 11.3 Å². The quantitative estimate of drug-likeness (QED) is 0.894. The van der Waals surface area contributed by atoms with Crippen LogP contribution < -0.4 is 5.32 Å². The first-order chi connectivity index (χ1) is 12.0. The number of carbonyl (C=O) groups is 2. The van der Waals surface area contributed by atoms with Crippen LogP contribution >= 0.6 is 11.3 Å². The summed E-state index contributed by atoms with van der Waals surface area (Å²) in [5, 5.41) is 5.01. The molecule has 1 unspecified atom stereocenters. The molecule has 0 bridgehead atoms. The molecule has 0 saturated carbocycles. The molecule has 5 nitrogen and oxygen atoms in total. The number of thiophene rings is 1. The summed E-state index contributed by atoms with van der Waals surface area (Å²) in [4.78, 5) is 29.4. The minimum Gasteiger partial charge on any atom is -0.345 e. The molecule has 3 rings (SSSR count). The first-order valence-electron chi connectivity index (χ1n) is 8.43. The van der Waals surface area contributed by atoms with E-state index in [-0.39, 0.29) is 11.8 Å². The van der Waals surface area contributed by atoms with Gasteiger partial charge in [-0.1, -0.05) is 6.07 Å². The normalized spacial score (nSPS) is 17.4. The molecule has 1 aliphatic heterocycles. The van der Waals surface area contributed by atoms with E-state index in [4.69, 9.17) is 0 Å². The monoisotopic (exact) mass is 357 g/mol. The molecule has 1 aliphatic rings. The zero-order valence-corrected chi connectivity index (χ0v) is 15.4. The minimum atomic E-state index is -0.0475. The van der Waals surface area contributed by atoms with E-state index in [0.717, 1.165) is 19.4 Å². The Hall–Kier alpha value is -2.18. The molecular formula is C19H23N3O2S. The summed E-state index contributed by atoms with van der Waals surface area (Å²) in [6, 6.07) is 11.6. The van der Waals surface area contributed by atoms with Crippen LogP contribution in [0.2, 0.25) is 0 Å². The number of carbonyl (C=O) groups excluding carboxylic acids is 2. The molecule has 1 fully saturated rings. The fourth-order valence-corrected chi connectivity index (χ4v) is 4.05. The average Bonchev–Trinajstić information content (AvgIpc) is 3.25. The summed E-state index contributed by atoms with van der Waals surface area (Å²) in [5.74, 6) is -0.0659. The van der Waals surface area contributed by atoms with Crippen LogP contribution in [0.1, 0.15) is 34.1 Å². The second kappa shape index (κ2) is 7.80. The molecule has 1 atom stereocenters. The number of benzene rings is 1. The second-order valence-corrected chi connectivity index (χ2v) is 7.45. The lowest BCUT2D eigenvalue weighted by molar-refractivity contribution is -0.117. The fraction of sp³-hybridized carbons (Fsp3) is 0.368. The first kappa shape index (κ1) is 17.6. The number of rotatable bonds is 5. The number of anilines is 1. The predicted molar refractivity (Wildman–Crippen MR) is 101 cm³/mol. The van der Waals surface area contributed by atoms with Crippen LogP contribution in [-0.2, 0) is 4.79 Å². The summed E-state index contributed by atoms with van der Waals surface area (Å²) in [6.45, 7) is 1.34. The number of nitrogens with one attached hydrogen (secondary N) is 1. The third-order valence-corrected chi connectivity index (χ3v) is 5.38. The van der Waals surface area contributed by atoms with Crippen molar-refractivity contribution in [3.05, 3.63) is 52.2 Å². The molecule has 1 N–H and O–H groups in total. The van der Waals surface area contributed by atoms with Crippen molar-refractivity contribution < 1.29 is 9.59 Å². The van der Waals surface area contributed by atoms with Gasteiger partial charge in [0, 0.05) is 36.3 Å². The highest BCUT2D eigenvalue weighted by atomic mass is 32.1. The van der Waals surface area contributed by atoms with Gasteiger partial charge in [0.15, 0.2) is 0 Å². The number of likely N-dealkylation sites (tertiary alicyclic amines) is 1. The summed E-state index contributed by atoms with van der Waals surface area (Å²) in [5.41, 5.74) is 1.33. The van der Waals surface area contributed by atoms with E-state index in [1.165, 1.54) is 9.78 Å². The zero-order valence-electron chi connectivity index (χ0n) is 14.6. The van der Waals surface area contributed by atoms with Crippen LogP contribution in [0.25, 0.3) is 0 Å². The molecule has 2 heterocycles. The highest BCUT2D eigenvalue weighted by Crippen LogP contribution is 2.34. The maximum absolute atomic E-state index is 12.4. The smallest absolute Gasteiger partial charge is 0.253 e. The molecule has 132 valence electrons. The van der Waals surface area contributed by atoms with E-state index in [1.54, 1.807) is 49.7 Å². The Morgan fingerprint density at radius 3 is 2.64 bits per heavy atom. The molecule has 1 aromatic carbocycles. The summed E-state index contributed by atoms with van der Waals surface area (Å²) >= 11 is 1.75. The molecule has 2 aromatic rings. The average molecular weight is 357 g/mol. The highest BCUT2D eigenvalue weighted by molar-refractivity contribution is 7.10. The van der Waals surface area contributed by atoms with E-state index in [0.29, 0.717) is 23.8 Å². The van der Waals surface area contributed by atoms with Gasteiger partial charge in [0.1, 0.15) is 0 Å². The van der Waals surface area contributed by atoms with Crippen molar-refractivity contribution in [2.24, 2.45) is 0 Å². The number of hydrogen-bond donors (Lipinski definition) is 1. The number of hydrogen-bond acceptors (Lipinski definition) is 4. The lowest BCUT2D eigenvalue weighted by atomic mass is 10.2. The Labute approximate surface area is 152 Å². The SMILES string of the molecule is CN(C)C(=O)c1ccc(NC(=O)CN2CCCC2c2cccs2)cc1. The van der Waals surface area contributed by atoms with Gasteiger partial charge in [-0.2, -0.15) is 0 Å². The van der Waals surface area contributed by atoms with E-state index < -0.39 is 0 Å². The molecule has 0 spiro atoms. The van der Waals surface area contributed by atoms with Gasteiger partial charge >= 0.3 is 0 Å². The molecule has 1 aromatic heterocycles. The lowest BCUT2D eigenvalue weighted by Crippen LogP contribution is -2.32. The second-order valence-electron chi connectivity index (χ2n) is 6.47. The minimum absolute atomic E-state index is 0.0184. The first-order valence-corrected chi connectivity index (χ1v) is 9.31. The Morgan fingerprint density at radius 1 is 1.24 bits per heavy atom. The van der Waals surface area contributed by atoms with E-state index >= 15 is 0 Å². The molecule has 2 amide bonds. The summed E-state index contributed by atoms with van der Waals surface area (Å²) < 4.78 is 0. The Morgan fingerprint density at radius 2 is 2.00 bits per heavy atom. The van der Waals surface area contributed by atoms with Crippen molar-refractivity contribution in [2.45, 2.75) is 18.9 Å². The topological polar surface area (TPSA) is 52.7 Å². The third-order valence-electron chi connectivity index (χ3n) is 4.40. The van der Waals surface area contributed by atoms with Gasteiger partial charge in [0.25, 0.3) is 5.91 Å². The summed E-state index contributed by atoms with van der Waals surface area (Å²) in [6.07, 6.45) is 2.23. The predicted octanol–water partition coefficient (Wildman–Crippen LogP) is 3.23. The van der Waals surface area contributed by atoms with Crippen LogP contribution in [0.3, 0.4) is 0 Å². The van der Waals surface area contributed by atoms with Crippen LogP contribution in [-0.4, -0.2) is 48.8 Å². The number of amides is 2. The summed E-state index contributed by atoms with van der Waals surface area (Å²) in [7, 11) is 3.44. The van der Waals surface area contributed by atoms with Gasteiger partial charge in [-0.25, -0.2) is 0 Å². The van der Waals surface area contributed by atoms with E-state index in [1.807, 2.05) is 0 Å². The van der Waals surface area contributed by atoms with Gasteiger partial charge in [0.2, 0.25) is 5.91 Å². The molecule has 1 saturated heterocycles. The lowest BCUT2D eigenvalue weighted by Gasteiger charge is -2.22. The van der Waals surface area contributed by atoms with Crippen LogP contribution in [0.15, 0.2) is 41.8 Å². The molecule has 0 aliphatic carbocycles. The van der Waals surface area contributed by atoms with E-state index in [2.05, 4.69) is 27.7 Å². The maximum Gasteiger partial charge on any atom is 0.253 e. The Balaban J connectivity index is 1.58. The van der Waals surface area contributed by atoms with Crippen LogP contribution in [0.5, 0.6) is 0 Å². The zero-order chi connectivity index (χ0) is 17.8.